The largest absolute Gasteiger partial charge is 0.418 e. The summed E-state index contributed by atoms with van der Waals surface area (Å²) in [6.45, 7) is 3.70. The van der Waals surface area contributed by atoms with Crippen LogP contribution in [-0.4, -0.2) is 27.2 Å². The number of rotatable bonds is 2. The molecule has 0 unspecified atom stereocenters. The fourth-order valence-electron chi connectivity index (χ4n) is 2.92. The third-order valence-corrected chi connectivity index (χ3v) is 3.96. The summed E-state index contributed by atoms with van der Waals surface area (Å²) >= 11 is 0. The van der Waals surface area contributed by atoms with Crippen molar-refractivity contribution in [2.45, 2.75) is 32.0 Å². The molecule has 3 rings (SSSR count). The number of fused-ring (bicyclic) bond motifs is 1. The van der Waals surface area contributed by atoms with E-state index in [0.717, 1.165) is 6.07 Å². The molecule has 23 heavy (non-hydrogen) atoms. The van der Waals surface area contributed by atoms with E-state index in [-0.39, 0.29) is 18.8 Å². The fourth-order valence-corrected chi connectivity index (χ4v) is 2.92. The van der Waals surface area contributed by atoms with Gasteiger partial charge in [0.2, 0.25) is 5.91 Å². The molecule has 0 radical (unpaired) electrons. The molecular formula is C15H15F3N4O. The van der Waals surface area contributed by atoms with Gasteiger partial charge in [-0.05, 0) is 11.6 Å². The Labute approximate surface area is 130 Å². The Kier molecular flexibility index (Phi) is 3.42. The highest BCUT2D eigenvalue weighted by atomic mass is 19.4. The molecule has 0 N–H and O–H groups in total. The van der Waals surface area contributed by atoms with Crippen molar-refractivity contribution in [3.63, 3.8) is 0 Å². The van der Waals surface area contributed by atoms with Gasteiger partial charge in [-0.1, -0.05) is 26.0 Å². The summed E-state index contributed by atoms with van der Waals surface area (Å²) in [5.74, 6) is -0.445. The normalized spacial score (nSPS) is 16.5. The van der Waals surface area contributed by atoms with Crippen LogP contribution in [-0.2, 0) is 22.9 Å². The van der Waals surface area contributed by atoms with Crippen molar-refractivity contribution in [1.29, 1.82) is 0 Å². The van der Waals surface area contributed by atoms with Crippen LogP contribution in [0.2, 0.25) is 0 Å². The lowest BCUT2D eigenvalue weighted by Gasteiger charge is -2.22. The summed E-state index contributed by atoms with van der Waals surface area (Å²) in [7, 11) is 0. The van der Waals surface area contributed by atoms with Gasteiger partial charge in [0.05, 0.1) is 11.3 Å². The number of hydrogen-bond donors (Lipinski definition) is 0. The second-order valence-electron chi connectivity index (χ2n) is 6.16. The van der Waals surface area contributed by atoms with E-state index in [1.807, 2.05) is 13.8 Å². The Hall–Kier alpha value is -2.38. The number of carbonyl (C=O) groups excluding carboxylic acids is 1. The zero-order chi connectivity index (χ0) is 16.8. The van der Waals surface area contributed by atoms with Gasteiger partial charge in [0.1, 0.15) is 19.2 Å². The van der Waals surface area contributed by atoms with Crippen molar-refractivity contribution in [1.82, 2.24) is 14.8 Å². The van der Waals surface area contributed by atoms with Crippen LogP contribution in [0.4, 0.5) is 18.9 Å². The van der Waals surface area contributed by atoms with E-state index < -0.39 is 23.1 Å². The number of halogens is 3. The summed E-state index contributed by atoms with van der Waals surface area (Å²) in [6.07, 6.45) is -1.89. The maximum atomic E-state index is 13.3. The van der Waals surface area contributed by atoms with E-state index in [2.05, 4.69) is 10.1 Å². The minimum atomic E-state index is -4.52. The van der Waals surface area contributed by atoms with Gasteiger partial charge >= 0.3 is 6.18 Å². The zero-order valence-electron chi connectivity index (χ0n) is 12.6. The first kappa shape index (κ1) is 15.5. The third-order valence-electron chi connectivity index (χ3n) is 3.96. The number of carbonyl (C=O) groups is 1. The molecule has 1 aliphatic heterocycles. The molecule has 8 heteroatoms. The zero-order valence-corrected chi connectivity index (χ0v) is 12.6. The molecular weight excluding hydrogens is 309 g/mol. The molecule has 0 aliphatic carbocycles. The van der Waals surface area contributed by atoms with Crippen LogP contribution in [0.1, 0.15) is 25.0 Å². The second kappa shape index (κ2) is 5.07. The molecule has 0 bridgehead atoms. The first-order valence-electron chi connectivity index (χ1n) is 7.03. The van der Waals surface area contributed by atoms with Crippen LogP contribution in [0.3, 0.4) is 0 Å². The van der Waals surface area contributed by atoms with Gasteiger partial charge in [0.15, 0.2) is 0 Å². The standard InChI is InChI=1S/C15H15F3N4O/c1-14(2)7-22(12(23)6-21-9-19-8-20-21)13-10(14)4-3-5-11(13)15(16,17)18/h3-5,8-9H,6-7H2,1-2H3. The van der Waals surface area contributed by atoms with Crippen LogP contribution in [0.25, 0.3) is 0 Å². The topological polar surface area (TPSA) is 51.0 Å². The lowest BCUT2D eigenvalue weighted by molar-refractivity contribution is -0.137. The van der Waals surface area contributed by atoms with E-state index in [1.54, 1.807) is 6.07 Å². The van der Waals surface area contributed by atoms with Gasteiger partial charge in [-0.15, -0.1) is 0 Å². The van der Waals surface area contributed by atoms with E-state index in [0.29, 0.717) is 5.56 Å². The minimum Gasteiger partial charge on any atom is -0.309 e. The van der Waals surface area contributed by atoms with E-state index >= 15 is 0 Å². The van der Waals surface area contributed by atoms with Gasteiger partial charge in [0, 0.05) is 12.0 Å². The summed E-state index contributed by atoms with van der Waals surface area (Å²) in [5.41, 5.74) is -0.851. The number of alkyl halides is 3. The van der Waals surface area contributed by atoms with Crippen molar-refractivity contribution in [2.24, 2.45) is 0 Å². The lowest BCUT2D eigenvalue weighted by Crippen LogP contribution is -2.37. The second-order valence-corrected chi connectivity index (χ2v) is 6.16. The summed E-state index contributed by atoms with van der Waals surface area (Å²) in [6, 6.07) is 4.04. The smallest absolute Gasteiger partial charge is 0.309 e. The van der Waals surface area contributed by atoms with E-state index in [4.69, 9.17) is 0 Å². The molecule has 5 nitrogen and oxygen atoms in total. The van der Waals surface area contributed by atoms with Gasteiger partial charge in [-0.25, -0.2) is 9.67 Å². The van der Waals surface area contributed by atoms with Crippen molar-refractivity contribution >= 4 is 11.6 Å². The molecule has 0 spiro atoms. The molecule has 1 aromatic carbocycles. The van der Waals surface area contributed by atoms with Crippen LogP contribution < -0.4 is 4.90 Å². The number of nitrogens with zero attached hydrogens (tertiary/aromatic N) is 4. The average Bonchev–Trinajstić information content (AvgIpc) is 3.04. The monoisotopic (exact) mass is 324 g/mol. The molecule has 0 saturated heterocycles. The molecule has 2 heterocycles. The molecule has 1 amide bonds. The van der Waals surface area contributed by atoms with Gasteiger partial charge < -0.3 is 4.90 Å². The molecule has 0 atom stereocenters. The average molecular weight is 324 g/mol. The summed E-state index contributed by atoms with van der Waals surface area (Å²) < 4.78 is 41.3. The Bertz CT molecular complexity index is 738. The van der Waals surface area contributed by atoms with Crippen LogP contribution in [0.5, 0.6) is 0 Å². The molecule has 122 valence electrons. The predicted molar refractivity (Wildman–Crippen MR) is 76.8 cm³/mol. The highest BCUT2D eigenvalue weighted by molar-refractivity contribution is 5.97. The molecule has 1 aliphatic rings. The van der Waals surface area contributed by atoms with Crippen LogP contribution >= 0.6 is 0 Å². The highest BCUT2D eigenvalue weighted by Crippen LogP contribution is 2.47. The molecule has 1 aromatic heterocycles. The number of anilines is 1. The van der Waals surface area contributed by atoms with Crippen LogP contribution in [0.15, 0.2) is 30.9 Å². The van der Waals surface area contributed by atoms with Gasteiger partial charge in [-0.3, -0.25) is 4.79 Å². The fraction of sp³-hybridized carbons (Fsp3) is 0.400. The maximum absolute atomic E-state index is 13.3. The van der Waals surface area contributed by atoms with E-state index in [1.165, 1.54) is 28.3 Å². The number of benzene rings is 1. The molecule has 0 fully saturated rings. The maximum Gasteiger partial charge on any atom is 0.418 e. The molecule has 0 saturated carbocycles. The summed E-state index contributed by atoms with van der Waals surface area (Å²) in [4.78, 5) is 17.5. The van der Waals surface area contributed by atoms with Crippen LogP contribution in [0, 0.1) is 0 Å². The number of hydrogen-bond acceptors (Lipinski definition) is 3. The van der Waals surface area contributed by atoms with Crippen molar-refractivity contribution in [3.05, 3.63) is 42.0 Å². The Morgan fingerprint density at radius 1 is 1.35 bits per heavy atom. The Balaban J connectivity index is 2.05. The minimum absolute atomic E-state index is 0.0462. The first-order chi connectivity index (χ1) is 10.7. The third kappa shape index (κ3) is 2.69. The quantitative estimate of drug-likeness (QED) is 0.853. The number of para-hydroxylation sites is 1. The summed E-state index contributed by atoms with van der Waals surface area (Å²) in [5, 5.41) is 3.83. The lowest BCUT2D eigenvalue weighted by atomic mass is 9.86. The van der Waals surface area contributed by atoms with E-state index in [9.17, 15) is 18.0 Å². The number of aromatic nitrogens is 3. The van der Waals surface area contributed by atoms with Crippen molar-refractivity contribution < 1.29 is 18.0 Å². The van der Waals surface area contributed by atoms with Gasteiger partial charge in [-0.2, -0.15) is 18.3 Å². The van der Waals surface area contributed by atoms with Crippen molar-refractivity contribution in [3.8, 4) is 0 Å². The Morgan fingerprint density at radius 2 is 2.09 bits per heavy atom. The first-order valence-corrected chi connectivity index (χ1v) is 7.03. The highest BCUT2D eigenvalue weighted by Gasteiger charge is 2.45. The van der Waals surface area contributed by atoms with Gasteiger partial charge in [0.25, 0.3) is 0 Å². The number of amides is 1. The van der Waals surface area contributed by atoms with Crippen molar-refractivity contribution in [2.75, 3.05) is 11.4 Å². The molecule has 2 aromatic rings. The SMILES string of the molecule is CC1(C)CN(C(=O)Cn2cncn2)c2c(C(F)(F)F)cccc21. The Morgan fingerprint density at radius 3 is 2.70 bits per heavy atom. The predicted octanol–water partition coefficient (Wildman–Crippen LogP) is 2.62.